The van der Waals surface area contributed by atoms with Gasteiger partial charge in [0.05, 0.1) is 18.7 Å². The lowest BCUT2D eigenvalue weighted by Crippen LogP contribution is -2.37. The van der Waals surface area contributed by atoms with E-state index < -0.39 is 0 Å². The Labute approximate surface area is 124 Å². The number of nitrogens with zero attached hydrogens (tertiary/aromatic N) is 4. The molecule has 0 bridgehead atoms. The first-order valence-corrected chi connectivity index (χ1v) is 7.22. The van der Waals surface area contributed by atoms with Crippen molar-refractivity contribution in [1.29, 1.82) is 0 Å². The van der Waals surface area contributed by atoms with E-state index in [0.29, 0.717) is 18.7 Å². The maximum Gasteiger partial charge on any atom is 0.198 e. The van der Waals surface area contributed by atoms with Gasteiger partial charge in [0.1, 0.15) is 5.52 Å². The van der Waals surface area contributed by atoms with Crippen molar-refractivity contribution in [3.63, 3.8) is 0 Å². The summed E-state index contributed by atoms with van der Waals surface area (Å²) in [4.78, 5) is 26.6. The predicted octanol–water partition coefficient (Wildman–Crippen LogP) is 2.09. The third kappa shape index (κ3) is 3.33. The third-order valence-electron chi connectivity index (χ3n) is 3.06. The fourth-order valence-electron chi connectivity index (χ4n) is 2.10. The summed E-state index contributed by atoms with van der Waals surface area (Å²) in [5.41, 5.74) is 1.43. The molecule has 1 fully saturated rings. The van der Waals surface area contributed by atoms with Gasteiger partial charge in [0.15, 0.2) is 17.4 Å². The number of ether oxygens (including phenoxy) is 1. The third-order valence-corrected chi connectivity index (χ3v) is 3.06. The van der Waals surface area contributed by atoms with Crippen molar-refractivity contribution in [1.82, 2.24) is 15.0 Å². The molecule has 0 radical (unpaired) electrons. The van der Waals surface area contributed by atoms with Crippen molar-refractivity contribution in [2.75, 3.05) is 31.2 Å². The van der Waals surface area contributed by atoms with E-state index in [-0.39, 0.29) is 11.6 Å². The van der Waals surface area contributed by atoms with Gasteiger partial charge in [0.2, 0.25) is 0 Å². The Balaban J connectivity index is 0.000000774. The van der Waals surface area contributed by atoms with Gasteiger partial charge in [-0.25, -0.2) is 9.97 Å². The van der Waals surface area contributed by atoms with Crippen molar-refractivity contribution in [3.8, 4) is 0 Å². The summed E-state index contributed by atoms with van der Waals surface area (Å²) in [5.74, 6) is 0.821. The average Bonchev–Trinajstić information content (AvgIpc) is 2.56. The molecule has 2 aromatic heterocycles. The van der Waals surface area contributed by atoms with Crippen molar-refractivity contribution in [2.45, 2.75) is 20.8 Å². The molecule has 0 unspecified atom stereocenters. The first kappa shape index (κ1) is 15.3. The number of morpholine rings is 1. The first-order valence-electron chi connectivity index (χ1n) is 7.22. The number of Topliss-reactive ketones (excluding diaryl/α,β-unsaturated/α-hetero) is 1. The van der Waals surface area contributed by atoms with Crippen LogP contribution in [-0.4, -0.2) is 47.0 Å². The number of aromatic nitrogens is 3. The molecule has 2 aromatic rings. The highest BCUT2D eigenvalue weighted by atomic mass is 16.5. The second-order valence-corrected chi connectivity index (χ2v) is 4.40. The molecule has 6 heteroatoms. The van der Waals surface area contributed by atoms with Crippen LogP contribution in [0.3, 0.4) is 0 Å². The number of pyridine rings is 1. The van der Waals surface area contributed by atoms with Crippen LogP contribution in [0.25, 0.3) is 11.0 Å². The van der Waals surface area contributed by atoms with Crippen LogP contribution in [0.5, 0.6) is 0 Å². The van der Waals surface area contributed by atoms with Gasteiger partial charge in [-0.3, -0.25) is 9.78 Å². The van der Waals surface area contributed by atoms with Crippen LogP contribution in [0, 0.1) is 0 Å². The summed E-state index contributed by atoms with van der Waals surface area (Å²) in [6.45, 7) is 8.29. The monoisotopic (exact) mass is 288 g/mol. The van der Waals surface area contributed by atoms with Gasteiger partial charge in [-0.05, 0) is 12.1 Å². The number of carbonyl (C=O) groups excluding carboxylic acids is 1. The van der Waals surface area contributed by atoms with Crippen molar-refractivity contribution >= 4 is 22.6 Å². The number of rotatable bonds is 2. The maximum absolute atomic E-state index is 11.5. The smallest absolute Gasteiger partial charge is 0.198 e. The molecule has 21 heavy (non-hydrogen) atoms. The van der Waals surface area contributed by atoms with Crippen LogP contribution in [0.1, 0.15) is 31.4 Å². The molecule has 1 saturated heterocycles. The normalized spacial score (nSPS) is 14.5. The number of anilines is 1. The van der Waals surface area contributed by atoms with Gasteiger partial charge >= 0.3 is 0 Å². The fraction of sp³-hybridized carbons (Fsp3) is 0.467. The lowest BCUT2D eigenvalue weighted by atomic mass is 10.3. The summed E-state index contributed by atoms with van der Waals surface area (Å²) in [6.07, 6.45) is 1.71. The minimum absolute atomic E-state index is 0.139. The molecular formula is C15H20N4O2. The lowest BCUT2D eigenvalue weighted by molar-refractivity contribution is 0.100. The Morgan fingerprint density at radius 1 is 1.24 bits per heavy atom. The number of fused-ring (bicyclic) bond motifs is 1. The number of ketones is 1. The van der Waals surface area contributed by atoms with E-state index in [1.54, 1.807) is 6.20 Å². The van der Waals surface area contributed by atoms with E-state index in [4.69, 9.17) is 4.74 Å². The standard InChI is InChI=1S/C13H14N4O2.C2H6/c1-9(18)12-15-10-3-2-4-14-11(10)13(16-12)17-5-7-19-8-6-17;1-2/h2-4H,5-8H2,1H3;1-2H3. The summed E-state index contributed by atoms with van der Waals surface area (Å²) in [5, 5.41) is 0. The van der Waals surface area contributed by atoms with E-state index in [1.807, 2.05) is 26.0 Å². The molecule has 6 nitrogen and oxygen atoms in total. The topological polar surface area (TPSA) is 68.2 Å². The van der Waals surface area contributed by atoms with Gasteiger partial charge in [-0.1, -0.05) is 13.8 Å². The van der Waals surface area contributed by atoms with E-state index >= 15 is 0 Å². The van der Waals surface area contributed by atoms with Gasteiger partial charge in [-0.2, -0.15) is 0 Å². The molecule has 0 atom stereocenters. The van der Waals surface area contributed by atoms with Crippen LogP contribution in [-0.2, 0) is 4.74 Å². The zero-order valence-corrected chi connectivity index (χ0v) is 12.7. The fourth-order valence-corrected chi connectivity index (χ4v) is 2.10. The molecule has 1 aliphatic heterocycles. The van der Waals surface area contributed by atoms with Gasteiger partial charge in [0, 0.05) is 26.2 Å². The second kappa shape index (κ2) is 7.08. The Morgan fingerprint density at radius 3 is 2.62 bits per heavy atom. The van der Waals surface area contributed by atoms with E-state index in [1.165, 1.54) is 6.92 Å². The van der Waals surface area contributed by atoms with Crippen LogP contribution in [0.2, 0.25) is 0 Å². The molecule has 0 N–H and O–H groups in total. The van der Waals surface area contributed by atoms with Crippen LogP contribution >= 0.6 is 0 Å². The summed E-state index contributed by atoms with van der Waals surface area (Å²) in [6, 6.07) is 3.66. The molecule has 0 spiro atoms. The number of hydrogen-bond acceptors (Lipinski definition) is 6. The maximum atomic E-state index is 11.5. The Kier molecular flexibility index (Phi) is 5.16. The highest BCUT2D eigenvalue weighted by Crippen LogP contribution is 2.22. The molecule has 1 aliphatic rings. The minimum atomic E-state index is -0.139. The Bertz CT molecular complexity index is 624. The van der Waals surface area contributed by atoms with Gasteiger partial charge in [-0.15, -0.1) is 0 Å². The number of hydrogen-bond donors (Lipinski definition) is 0. The lowest BCUT2D eigenvalue weighted by Gasteiger charge is -2.28. The largest absolute Gasteiger partial charge is 0.378 e. The molecular weight excluding hydrogens is 268 g/mol. The van der Waals surface area contributed by atoms with Gasteiger partial charge < -0.3 is 9.64 Å². The van der Waals surface area contributed by atoms with Crippen LogP contribution < -0.4 is 4.90 Å². The molecule has 0 amide bonds. The zero-order valence-electron chi connectivity index (χ0n) is 12.7. The molecule has 3 heterocycles. The van der Waals surface area contributed by atoms with Crippen molar-refractivity contribution in [2.24, 2.45) is 0 Å². The average molecular weight is 288 g/mol. The SMILES string of the molecule is CC.CC(=O)c1nc(N2CCOCC2)c2ncccc2n1. The summed E-state index contributed by atoms with van der Waals surface area (Å²) >= 11 is 0. The Hall–Kier alpha value is -2.08. The second-order valence-electron chi connectivity index (χ2n) is 4.40. The first-order chi connectivity index (χ1) is 10.3. The quantitative estimate of drug-likeness (QED) is 0.788. The van der Waals surface area contributed by atoms with Crippen molar-refractivity contribution in [3.05, 3.63) is 24.2 Å². The minimum Gasteiger partial charge on any atom is -0.378 e. The highest BCUT2D eigenvalue weighted by molar-refractivity contribution is 5.95. The molecule has 0 aromatic carbocycles. The molecule has 3 rings (SSSR count). The Morgan fingerprint density at radius 2 is 1.95 bits per heavy atom. The van der Waals surface area contributed by atoms with Crippen molar-refractivity contribution < 1.29 is 9.53 Å². The van der Waals surface area contributed by atoms with Crippen LogP contribution in [0.4, 0.5) is 5.82 Å². The summed E-state index contributed by atoms with van der Waals surface area (Å²) < 4.78 is 5.34. The predicted molar refractivity (Wildman–Crippen MR) is 81.7 cm³/mol. The van der Waals surface area contributed by atoms with Crippen LogP contribution in [0.15, 0.2) is 18.3 Å². The summed E-state index contributed by atoms with van der Waals surface area (Å²) in [7, 11) is 0. The molecule has 112 valence electrons. The molecule has 0 aliphatic carbocycles. The van der Waals surface area contributed by atoms with E-state index in [2.05, 4.69) is 19.9 Å². The van der Waals surface area contributed by atoms with E-state index in [0.717, 1.165) is 24.4 Å². The molecule has 0 saturated carbocycles. The number of carbonyl (C=O) groups is 1. The highest BCUT2D eigenvalue weighted by Gasteiger charge is 2.19. The zero-order chi connectivity index (χ0) is 15.2. The van der Waals surface area contributed by atoms with E-state index in [9.17, 15) is 4.79 Å². The van der Waals surface area contributed by atoms with Gasteiger partial charge in [0.25, 0.3) is 0 Å².